The first-order valence-electron chi connectivity index (χ1n) is 9.74. The topological polar surface area (TPSA) is 98.0 Å². The van der Waals surface area contributed by atoms with E-state index in [1.54, 1.807) is 36.0 Å². The third-order valence-electron chi connectivity index (χ3n) is 4.48. The molecule has 1 atom stereocenters. The number of benzene rings is 2. The minimum atomic E-state index is -0.501. The lowest BCUT2D eigenvalue weighted by molar-refractivity contribution is -0.115. The molecule has 6 nitrogen and oxygen atoms in total. The van der Waals surface area contributed by atoms with Crippen molar-refractivity contribution < 1.29 is 9.59 Å². The van der Waals surface area contributed by atoms with Crippen LogP contribution in [-0.2, 0) is 10.5 Å². The summed E-state index contributed by atoms with van der Waals surface area (Å²) in [6, 6.07) is 15.1. The molecule has 0 aliphatic carbocycles. The Labute approximate surface area is 194 Å². The van der Waals surface area contributed by atoms with Crippen LogP contribution < -0.4 is 11.1 Å². The Bertz CT molecular complexity index is 1030. The molecular weight excluding hydrogens is 448 g/mol. The highest BCUT2D eigenvalue weighted by Gasteiger charge is 2.18. The fourth-order valence-electron chi connectivity index (χ4n) is 2.61. The van der Waals surface area contributed by atoms with Gasteiger partial charge in [-0.25, -0.2) is 0 Å². The van der Waals surface area contributed by atoms with Crippen molar-refractivity contribution in [1.82, 2.24) is 10.2 Å². The lowest BCUT2D eigenvalue weighted by atomic mass is 10.0. The van der Waals surface area contributed by atoms with Crippen LogP contribution in [0, 0.1) is 0 Å². The summed E-state index contributed by atoms with van der Waals surface area (Å²) in [4.78, 5) is 23.6. The molecule has 1 heterocycles. The Morgan fingerprint density at radius 1 is 1.00 bits per heavy atom. The van der Waals surface area contributed by atoms with Gasteiger partial charge in [0.2, 0.25) is 11.8 Å². The van der Waals surface area contributed by atoms with E-state index >= 15 is 0 Å². The number of carbonyl (C=O) groups is 2. The maximum Gasteiger partial charge on any atom is 0.248 e. The fraction of sp³-hybridized carbons (Fsp3) is 0.273. The van der Waals surface area contributed by atoms with Gasteiger partial charge in [-0.15, -0.1) is 10.2 Å². The molecule has 9 heteroatoms. The van der Waals surface area contributed by atoms with E-state index in [1.807, 2.05) is 6.92 Å². The molecule has 0 saturated carbocycles. The number of aromatic nitrogens is 2. The van der Waals surface area contributed by atoms with Crippen molar-refractivity contribution in [2.75, 3.05) is 5.32 Å². The van der Waals surface area contributed by atoms with E-state index in [-0.39, 0.29) is 11.2 Å². The highest BCUT2D eigenvalue weighted by molar-refractivity contribution is 8.03. The van der Waals surface area contributed by atoms with Crippen molar-refractivity contribution in [2.24, 2.45) is 5.73 Å². The van der Waals surface area contributed by atoms with E-state index in [0.29, 0.717) is 17.2 Å². The van der Waals surface area contributed by atoms with Crippen LogP contribution in [0.1, 0.15) is 48.2 Å². The third-order valence-corrected chi connectivity index (χ3v) is 7.79. The summed E-state index contributed by atoms with van der Waals surface area (Å²) < 4.78 is 1.63. The quantitative estimate of drug-likeness (QED) is 0.417. The Kier molecular flexibility index (Phi) is 8.11. The van der Waals surface area contributed by atoms with Gasteiger partial charge in [0.15, 0.2) is 8.68 Å². The van der Waals surface area contributed by atoms with E-state index < -0.39 is 5.91 Å². The van der Waals surface area contributed by atoms with Crippen LogP contribution in [0.3, 0.4) is 0 Å². The molecule has 3 N–H and O–H groups in total. The molecular formula is C22H24N4O2S3. The van der Waals surface area contributed by atoms with E-state index in [1.165, 1.54) is 34.2 Å². The van der Waals surface area contributed by atoms with Gasteiger partial charge in [-0.2, -0.15) is 0 Å². The van der Waals surface area contributed by atoms with E-state index in [4.69, 9.17) is 5.73 Å². The maximum absolute atomic E-state index is 12.5. The normalized spacial score (nSPS) is 12.0. The summed E-state index contributed by atoms with van der Waals surface area (Å²) in [7, 11) is 0. The molecule has 31 heavy (non-hydrogen) atoms. The zero-order chi connectivity index (χ0) is 22.4. The monoisotopic (exact) mass is 472 g/mol. The minimum Gasteiger partial charge on any atom is -0.366 e. The lowest BCUT2D eigenvalue weighted by Gasteiger charge is -2.10. The number of hydrogen-bond donors (Lipinski definition) is 2. The molecule has 0 saturated heterocycles. The molecule has 0 bridgehead atoms. The summed E-state index contributed by atoms with van der Waals surface area (Å²) in [5.41, 5.74) is 8.82. The Morgan fingerprint density at radius 3 is 2.26 bits per heavy atom. The van der Waals surface area contributed by atoms with Gasteiger partial charge in [-0.3, -0.25) is 9.59 Å². The molecule has 2 amide bonds. The number of rotatable bonds is 9. The summed E-state index contributed by atoms with van der Waals surface area (Å²) in [6.45, 7) is 6.19. The van der Waals surface area contributed by atoms with Crippen LogP contribution in [0.15, 0.2) is 57.2 Å². The van der Waals surface area contributed by atoms with Crippen molar-refractivity contribution in [2.45, 2.75) is 46.4 Å². The van der Waals surface area contributed by atoms with Crippen molar-refractivity contribution in [3.05, 3.63) is 65.2 Å². The van der Waals surface area contributed by atoms with Gasteiger partial charge < -0.3 is 11.1 Å². The van der Waals surface area contributed by atoms with Crippen molar-refractivity contribution in [3.8, 4) is 0 Å². The largest absolute Gasteiger partial charge is 0.366 e. The molecule has 0 aliphatic rings. The highest BCUT2D eigenvalue weighted by atomic mass is 32.2. The average Bonchev–Trinajstić information content (AvgIpc) is 3.20. The highest BCUT2D eigenvalue weighted by Crippen LogP contribution is 2.33. The first-order valence-corrected chi connectivity index (χ1v) is 12.4. The lowest BCUT2D eigenvalue weighted by Crippen LogP contribution is -2.22. The first-order chi connectivity index (χ1) is 14.8. The number of carbonyl (C=O) groups excluding carboxylic acids is 2. The van der Waals surface area contributed by atoms with Crippen LogP contribution in [-0.4, -0.2) is 27.3 Å². The van der Waals surface area contributed by atoms with Crippen molar-refractivity contribution >= 4 is 52.4 Å². The SMILES string of the molecule is CC(Sc1nnc(SCc2ccc(C(C)C)cc2)s1)C(=O)Nc1ccc(C(N)=O)cc1. The summed E-state index contributed by atoms with van der Waals surface area (Å²) in [5.74, 6) is 0.707. The number of nitrogens with zero attached hydrogens (tertiary/aromatic N) is 2. The second kappa shape index (κ2) is 10.8. The molecule has 0 fully saturated rings. The molecule has 1 unspecified atom stereocenters. The predicted octanol–water partition coefficient (Wildman–Crippen LogP) is 5.17. The molecule has 162 valence electrons. The number of nitrogens with one attached hydrogen (secondary N) is 1. The summed E-state index contributed by atoms with van der Waals surface area (Å²) in [6.07, 6.45) is 0. The third kappa shape index (κ3) is 6.81. The van der Waals surface area contributed by atoms with Gasteiger partial charge >= 0.3 is 0 Å². The fourth-order valence-corrected chi connectivity index (χ4v) is 5.73. The van der Waals surface area contributed by atoms with E-state index in [2.05, 4.69) is 53.6 Å². The van der Waals surface area contributed by atoms with Gasteiger partial charge in [-0.05, 0) is 48.2 Å². The van der Waals surface area contributed by atoms with Crippen LogP contribution in [0.2, 0.25) is 0 Å². The molecule has 3 aromatic rings. The van der Waals surface area contributed by atoms with Crippen LogP contribution in [0.4, 0.5) is 5.69 Å². The zero-order valence-corrected chi connectivity index (χ0v) is 19.9. The Balaban J connectivity index is 1.50. The second-order valence-corrected chi connectivity index (χ2v) is 11.0. The van der Waals surface area contributed by atoms with E-state index in [9.17, 15) is 9.59 Å². The number of thioether (sulfide) groups is 2. The van der Waals surface area contributed by atoms with Gasteiger partial charge in [0.25, 0.3) is 0 Å². The molecule has 0 spiro atoms. The van der Waals surface area contributed by atoms with Gasteiger partial charge in [0, 0.05) is 17.0 Å². The Morgan fingerprint density at radius 2 is 1.65 bits per heavy atom. The second-order valence-electron chi connectivity index (χ2n) is 7.21. The predicted molar refractivity (Wildman–Crippen MR) is 129 cm³/mol. The maximum atomic E-state index is 12.5. The minimum absolute atomic E-state index is 0.147. The molecule has 0 aliphatic heterocycles. The molecule has 0 radical (unpaired) electrons. The number of anilines is 1. The van der Waals surface area contributed by atoms with Crippen LogP contribution >= 0.6 is 34.9 Å². The van der Waals surface area contributed by atoms with Crippen LogP contribution in [0.25, 0.3) is 0 Å². The zero-order valence-electron chi connectivity index (χ0n) is 17.5. The number of hydrogen-bond acceptors (Lipinski definition) is 7. The van der Waals surface area contributed by atoms with Crippen molar-refractivity contribution in [3.63, 3.8) is 0 Å². The standard InChI is InChI=1S/C22H24N4O2S3/c1-13(2)16-6-4-15(5-7-16)12-29-21-25-26-22(31-21)30-14(3)20(28)24-18-10-8-17(9-11-18)19(23)27/h4-11,13-14H,12H2,1-3H3,(H2,23,27)(H,24,28). The first kappa shape index (κ1) is 23.3. The molecule has 2 aromatic carbocycles. The van der Waals surface area contributed by atoms with Crippen LogP contribution in [0.5, 0.6) is 0 Å². The smallest absolute Gasteiger partial charge is 0.248 e. The number of primary amides is 1. The van der Waals surface area contributed by atoms with Gasteiger partial charge in [-0.1, -0.05) is 73.0 Å². The van der Waals surface area contributed by atoms with E-state index in [0.717, 1.165) is 14.4 Å². The van der Waals surface area contributed by atoms with Crippen molar-refractivity contribution in [1.29, 1.82) is 0 Å². The molecule has 1 aromatic heterocycles. The average molecular weight is 473 g/mol. The van der Waals surface area contributed by atoms with Gasteiger partial charge in [0.05, 0.1) is 5.25 Å². The van der Waals surface area contributed by atoms with Gasteiger partial charge in [0.1, 0.15) is 0 Å². The number of amides is 2. The summed E-state index contributed by atoms with van der Waals surface area (Å²) in [5, 5.41) is 10.9. The number of nitrogens with two attached hydrogens (primary N) is 1. The Hall–Kier alpha value is -2.36. The molecule has 3 rings (SSSR count). The summed E-state index contributed by atoms with van der Waals surface area (Å²) >= 11 is 4.51.